The zero-order valence-corrected chi connectivity index (χ0v) is 10.00. The molecule has 1 heterocycles. The van der Waals surface area contributed by atoms with Gasteiger partial charge in [-0.25, -0.2) is 4.98 Å². The monoisotopic (exact) mass is 219 g/mol. The molecule has 16 heavy (non-hydrogen) atoms. The number of rotatable bonds is 5. The Morgan fingerprint density at radius 1 is 1.44 bits per heavy atom. The molecule has 0 saturated heterocycles. The molecule has 1 aromatic rings. The number of anilines is 1. The van der Waals surface area contributed by atoms with Gasteiger partial charge in [0.25, 0.3) is 0 Å². The molecule has 0 radical (unpaired) electrons. The average Bonchev–Trinajstić information content (AvgIpc) is 2.71. The summed E-state index contributed by atoms with van der Waals surface area (Å²) in [7, 11) is 0. The molecule has 0 amide bonds. The van der Waals surface area contributed by atoms with E-state index in [4.69, 9.17) is 5.73 Å². The SMILES string of the molecule is CC(N)CCCNc1ccc2c(n1)CCC2. The van der Waals surface area contributed by atoms with Crippen LogP contribution in [0.15, 0.2) is 12.1 Å². The summed E-state index contributed by atoms with van der Waals surface area (Å²) in [5.41, 5.74) is 8.42. The molecule has 0 spiro atoms. The van der Waals surface area contributed by atoms with Gasteiger partial charge < -0.3 is 11.1 Å². The van der Waals surface area contributed by atoms with E-state index >= 15 is 0 Å². The van der Waals surface area contributed by atoms with Crippen molar-refractivity contribution in [3.05, 3.63) is 23.4 Å². The number of aromatic nitrogens is 1. The van der Waals surface area contributed by atoms with Crippen molar-refractivity contribution in [2.45, 2.75) is 45.1 Å². The number of aryl methyl sites for hydroxylation is 2. The third-order valence-electron chi connectivity index (χ3n) is 3.07. The van der Waals surface area contributed by atoms with Gasteiger partial charge in [0.05, 0.1) is 0 Å². The first-order valence-corrected chi connectivity index (χ1v) is 6.24. The van der Waals surface area contributed by atoms with Crippen LogP contribution in [0.2, 0.25) is 0 Å². The number of nitrogens with zero attached hydrogens (tertiary/aromatic N) is 1. The summed E-state index contributed by atoms with van der Waals surface area (Å²) in [4.78, 5) is 4.63. The summed E-state index contributed by atoms with van der Waals surface area (Å²) in [6.07, 6.45) is 5.78. The fourth-order valence-electron chi connectivity index (χ4n) is 2.16. The molecule has 1 aromatic heterocycles. The number of pyridine rings is 1. The van der Waals surface area contributed by atoms with E-state index in [1.54, 1.807) is 0 Å². The molecule has 3 nitrogen and oxygen atoms in total. The predicted molar refractivity (Wildman–Crippen MR) is 67.6 cm³/mol. The average molecular weight is 219 g/mol. The molecule has 0 aliphatic heterocycles. The van der Waals surface area contributed by atoms with Crippen LogP contribution in [0.1, 0.15) is 37.4 Å². The lowest BCUT2D eigenvalue weighted by Gasteiger charge is -2.08. The predicted octanol–water partition coefficient (Wildman–Crippen LogP) is 2.11. The molecule has 2 rings (SSSR count). The molecule has 0 bridgehead atoms. The van der Waals surface area contributed by atoms with E-state index in [0.717, 1.165) is 31.6 Å². The Morgan fingerprint density at radius 2 is 2.31 bits per heavy atom. The minimum Gasteiger partial charge on any atom is -0.370 e. The van der Waals surface area contributed by atoms with Gasteiger partial charge >= 0.3 is 0 Å². The molecular formula is C13H21N3. The van der Waals surface area contributed by atoms with Crippen LogP contribution >= 0.6 is 0 Å². The van der Waals surface area contributed by atoms with Gasteiger partial charge in [-0.15, -0.1) is 0 Å². The molecule has 0 aromatic carbocycles. The van der Waals surface area contributed by atoms with Crippen molar-refractivity contribution in [1.82, 2.24) is 4.98 Å². The Kier molecular flexibility index (Phi) is 3.78. The maximum Gasteiger partial charge on any atom is 0.126 e. The van der Waals surface area contributed by atoms with Crippen molar-refractivity contribution < 1.29 is 0 Å². The van der Waals surface area contributed by atoms with E-state index in [1.165, 1.54) is 24.1 Å². The standard InChI is InChI=1S/C13H21N3/c1-10(14)4-3-9-15-13-8-7-11-5-2-6-12(11)16-13/h7-8,10H,2-6,9,14H2,1H3,(H,15,16). The summed E-state index contributed by atoms with van der Waals surface area (Å²) in [6, 6.07) is 4.61. The van der Waals surface area contributed by atoms with Crippen LogP contribution in [0.25, 0.3) is 0 Å². The Hall–Kier alpha value is -1.09. The Bertz CT molecular complexity index is 347. The molecule has 1 atom stereocenters. The van der Waals surface area contributed by atoms with Crippen LogP contribution in [0.3, 0.4) is 0 Å². The molecular weight excluding hydrogens is 198 g/mol. The molecule has 1 unspecified atom stereocenters. The second-order valence-corrected chi connectivity index (χ2v) is 4.70. The highest BCUT2D eigenvalue weighted by Gasteiger charge is 2.11. The van der Waals surface area contributed by atoms with Crippen LogP contribution in [-0.4, -0.2) is 17.6 Å². The van der Waals surface area contributed by atoms with Gasteiger partial charge in [0.15, 0.2) is 0 Å². The zero-order valence-electron chi connectivity index (χ0n) is 10.00. The summed E-state index contributed by atoms with van der Waals surface area (Å²) in [5.74, 6) is 1.02. The van der Waals surface area contributed by atoms with Gasteiger partial charge in [0.2, 0.25) is 0 Å². The van der Waals surface area contributed by atoms with Crippen LogP contribution in [-0.2, 0) is 12.8 Å². The van der Waals surface area contributed by atoms with E-state index in [1.807, 2.05) is 6.92 Å². The largest absolute Gasteiger partial charge is 0.370 e. The van der Waals surface area contributed by atoms with Crippen LogP contribution in [0.4, 0.5) is 5.82 Å². The lowest BCUT2D eigenvalue weighted by molar-refractivity contribution is 0.639. The highest BCUT2D eigenvalue weighted by Crippen LogP contribution is 2.21. The van der Waals surface area contributed by atoms with Crippen molar-refractivity contribution >= 4 is 5.82 Å². The fourth-order valence-corrected chi connectivity index (χ4v) is 2.16. The Labute approximate surface area is 97.5 Å². The molecule has 88 valence electrons. The number of nitrogens with two attached hydrogens (primary N) is 1. The highest BCUT2D eigenvalue weighted by atomic mass is 15.0. The smallest absolute Gasteiger partial charge is 0.126 e. The first kappa shape index (κ1) is 11.4. The third-order valence-corrected chi connectivity index (χ3v) is 3.07. The number of hydrogen-bond donors (Lipinski definition) is 2. The normalized spacial score (nSPS) is 15.9. The van der Waals surface area contributed by atoms with E-state index < -0.39 is 0 Å². The molecule has 3 heteroatoms. The minimum absolute atomic E-state index is 0.301. The molecule has 0 fully saturated rings. The van der Waals surface area contributed by atoms with Crippen molar-refractivity contribution in [2.75, 3.05) is 11.9 Å². The second-order valence-electron chi connectivity index (χ2n) is 4.70. The van der Waals surface area contributed by atoms with Gasteiger partial charge in [-0.05, 0) is 50.7 Å². The van der Waals surface area contributed by atoms with Gasteiger partial charge in [-0.2, -0.15) is 0 Å². The maximum absolute atomic E-state index is 5.70. The van der Waals surface area contributed by atoms with Gasteiger partial charge in [-0.3, -0.25) is 0 Å². The lowest BCUT2D eigenvalue weighted by Crippen LogP contribution is -2.16. The summed E-state index contributed by atoms with van der Waals surface area (Å²) < 4.78 is 0. The number of hydrogen-bond acceptors (Lipinski definition) is 3. The van der Waals surface area contributed by atoms with E-state index in [9.17, 15) is 0 Å². The molecule has 1 aliphatic rings. The van der Waals surface area contributed by atoms with E-state index in [0.29, 0.717) is 6.04 Å². The molecule has 3 N–H and O–H groups in total. The molecule has 1 aliphatic carbocycles. The van der Waals surface area contributed by atoms with Gasteiger partial charge in [0.1, 0.15) is 5.82 Å². The third kappa shape index (κ3) is 2.95. The van der Waals surface area contributed by atoms with Crippen LogP contribution in [0, 0.1) is 0 Å². The van der Waals surface area contributed by atoms with Crippen LogP contribution < -0.4 is 11.1 Å². The lowest BCUT2D eigenvalue weighted by atomic mass is 10.2. The van der Waals surface area contributed by atoms with E-state index in [2.05, 4.69) is 22.4 Å². The first-order chi connectivity index (χ1) is 7.75. The maximum atomic E-state index is 5.70. The van der Waals surface area contributed by atoms with Crippen molar-refractivity contribution in [3.63, 3.8) is 0 Å². The summed E-state index contributed by atoms with van der Waals surface area (Å²) in [5, 5.41) is 3.36. The number of fused-ring (bicyclic) bond motifs is 1. The molecule has 0 saturated carbocycles. The number of nitrogens with one attached hydrogen (secondary N) is 1. The van der Waals surface area contributed by atoms with Crippen LogP contribution in [0.5, 0.6) is 0 Å². The zero-order chi connectivity index (χ0) is 11.4. The Morgan fingerprint density at radius 3 is 3.12 bits per heavy atom. The first-order valence-electron chi connectivity index (χ1n) is 6.24. The topological polar surface area (TPSA) is 50.9 Å². The van der Waals surface area contributed by atoms with Crippen molar-refractivity contribution in [3.8, 4) is 0 Å². The minimum atomic E-state index is 0.301. The Balaban J connectivity index is 1.81. The van der Waals surface area contributed by atoms with Gasteiger partial charge in [0, 0.05) is 18.3 Å². The fraction of sp³-hybridized carbons (Fsp3) is 0.615. The highest BCUT2D eigenvalue weighted by molar-refractivity contribution is 5.40. The second kappa shape index (κ2) is 5.30. The quantitative estimate of drug-likeness (QED) is 0.746. The van der Waals surface area contributed by atoms with E-state index in [-0.39, 0.29) is 0 Å². The van der Waals surface area contributed by atoms with Gasteiger partial charge in [-0.1, -0.05) is 6.07 Å². The van der Waals surface area contributed by atoms with Crippen molar-refractivity contribution in [1.29, 1.82) is 0 Å². The summed E-state index contributed by atoms with van der Waals surface area (Å²) >= 11 is 0. The summed E-state index contributed by atoms with van der Waals surface area (Å²) in [6.45, 7) is 3.01. The van der Waals surface area contributed by atoms with Crippen molar-refractivity contribution in [2.24, 2.45) is 5.73 Å².